The van der Waals surface area contributed by atoms with Gasteiger partial charge in [-0.2, -0.15) is 0 Å². The Morgan fingerprint density at radius 2 is 0.868 bits per heavy atom. The molecular weight excluding hydrogens is 645 g/mol. The Kier molecular flexibility index (Phi) is 6.55. The lowest BCUT2D eigenvalue weighted by atomic mass is 9.94. The summed E-state index contributed by atoms with van der Waals surface area (Å²) in [5.74, 6) is 0.703. The molecule has 53 heavy (non-hydrogen) atoms. The van der Waals surface area contributed by atoms with E-state index < -0.39 is 0 Å². The van der Waals surface area contributed by atoms with Gasteiger partial charge in [0, 0.05) is 27.5 Å². The predicted molar refractivity (Wildman–Crippen MR) is 218 cm³/mol. The summed E-state index contributed by atoms with van der Waals surface area (Å²) in [5, 5.41) is 4.90. The van der Waals surface area contributed by atoms with Gasteiger partial charge in [-0.25, -0.2) is 9.97 Å². The van der Waals surface area contributed by atoms with Crippen LogP contribution in [-0.4, -0.2) is 9.97 Å². The summed E-state index contributed by atoms with van der Waals surface area (Å²) in [6.07, 6.45) is 0. The van der Waals surface area contributed by atoms with E-state index in [1.807, 2.05) is 42.5 Å². The molecule has 0 unspecified atom stereocenters. The molecule has 3 heteroatoms. The van der Waals surface area contributed by atoms with Crippen molar-refractivity contribution in [1.29, 1.82) is 0 Å². The second-order valence-electron chi connectivity index (χ2n) is 13.7. The van der Waals surface area contributed by atoms with Crippen LogP contribution in [-0.2, 0) is 0 Å². The Bertz CT molecular complexity index is 2990. The van der Waals surface area contributed by atoms with Gasteiger partial charge in [-0.3, -0.25) is 0 Å². The molecule has 0 bridgehead atoms. The third-order valence-corrected chi connectivity index (χ3v) is 10.6. The fourth-order valence-electron chi connectivity index (χ4n) is 8.12. The van der Waals surface area contributed by atoms with E-state index in [1.165, 1.54) is 49.5 Å². The summed E-state index contributed by atoms with van der Waals surface area (Å²) in [6.45, 7) is 0. The molecule has 0 atom stereocenters. The number of benzene rings is 8. The minimum Gasteiger partial charge on any atom is -0.456 e. The highest BCUT2D eigenvalue weighted by Gasteiger charge is 2.25. The lowest BCUT2D eigenvalue weighted by Crippen LogP contribution is -1.96. The van der Waals surface area contributed by atoms with Gasteiger partial charge < -0.3 is 4.42 Å². The summed E-state index contributed by atoms with van der Waals surface area (Å²) in [4.78, 5) is 10.2. The van der Waals surface area contributed by atoms with Crippen LogP contribution in [0, 0.1) is 0 Å². The zero-order valence-corrected chi connectivity index (χ0v) is 28.6. The van der Waals surface area contributed by atoms with E-state index in [4.69, 9.17) is 14.4 Å². The Balaban J connectivity index is 0.993. The zero-order valence-electron chi connectivity index (χ0n) is 28.6. The van der Waals surface area contributed by atoms with E-state index in [2.05, 4.69) is 140 Å². The van der Waals surface area contributed by atoms with Crippen LogP contribution in [0.1, 0.15) is 0 Å². The molecule has 0 amide bonds. The van der Waals surface area contributed by atoms with Crippen molar-refractivity contribution in [3.63, 3.8) is 0 Å². The predicted octanol–water partition coefficient (Wildman–Crippen LogP) is 13.5. The Morgan fingerprint density at radius 3 is 1.58 bits per heavy atom. The third kappa shape index (κ3) is 4.82. The van der Waals surface area contributed by atoms with Crippen molar-refractivity contribution in [2.75, 3.05) is 0 Å². The summed E-state index contributed by atoms with van der Waals surface area (Å²) >= 11 is 0. The van der Waals surface area contributed by atoms with Crippen LogP contribution in [0.3, 0.4) is 0 Å². The highest BCUT2D eigenvalue weighted by atomic mass is 16.3. The molecule has 2 aromatic heterocycles. The van der Waals surface area contributed by atoms with Gasteiger partial charge >= 0.3 is 0 Å². The van der Waals surface area contributed by atoms with Gasteiger partial charge in [0.15, 0.2) is 5.82 Å². The van der Waals surface area contributed by atoms with E-state index in [9.17, 15) is 0 Å². The normalized spacial score (nSPS) is 11.8. The smallest absolute Gasteiger partial charge is 0.160 e. The van der Waals surface area contributed by atoms with Gasteiger partial charge in [0.05, 0.1) is 11.4 Å². The first-order chi connectivity index (χ1) is 26.2. The summed E-state index contributed by atoms with van der Waals surface area (Å²) in [5.41, 5.74) is 16.4. The molecule has 1 aliphatic carbocycles. The lowest BCUT2D eigenvalue weighted by Gasteiger charge is -2.11. The molecule has 10 aromatic rings. The minimum absolute atomic E-state index is 0.703. The average molecular weight is 675 g/mol. The molecule has 2 heterocycles. The Hall–Kier alpha value is -7.10. The molecular formula is C50H30N2O. The van der Waals surface area contributed by atoms with Crippen LogP contribution in [0.5, 0.6) is 0 Å². The van der Waals surface area contributed by atoms with E-state index in [-0.39, 0.29) is 0 Å². The molecule has 8 aromatic carbocycles. The van der Waals surface area contributed by atoms with Crippen molar-refractivity contribution in [1.82, 2.24) is 9.97 Å². The van der Waals surface area contributed by atoms with Crippen LogP contribution in [0.4, 0.5) is 0 Å². The van der Waals surface area contributed by atoms with Crippen LogP contribution >= 0.6 is 0 Å². The second-order valence-corrected chi connectivity index (χ2v) is 13.7. The molecule has 1 aliphatic rings. The van der Waals surface area contributed by atoms with E-state index >= 15 is 0 Å². The Morgan fingerprint density at radius 1 is 0.302 bits per heavy atom. The molecule has 0 saturated heterocycles. The van der Waals surface area contributed by atoms with Crippen molar-refractivity contribution in [2.45, 2.75) is 0 Å². The van der Waals surface area contributed by atoms with Crippen molar-refractivity contribution in [3.8, 4) is 78.4 Å². The van der Waals surface area contributed by atoms with Gasteiger partial charge in [0.1, 0.15) is 11.2 Å². The van der Waals surface area contributed by atoms with Crippen molar-refractivity contribution >= 4 is 32.7 Å². The number of para-hydroxylation sites is 1. The molecule has 0 spiro atoms. The highest BCUT2D eigenvalue weighted by molar-refractivity contribution is 6.28. The fraction of sp³-hybridized carbons (Fsp3) is 0. The first-order valence-corrected chi connectivity index (χ1v) is 18.0. The largest absolute Gasteiger partial charge is 0.456 e. The maximum absolute atomic E-state index is 6.41. The van der Waals surface area contributed by atoms with Gasteiger partial charge in [0.2, 0.25) is 0 Å². The minimum atomic E-state index is 0.703. The van der Waals surface area contributed by atoms with Crippen molar-refractivity contribution in [3.05, 3.63) is 182 Å². The van der Waals surface area contributed by atoms with Crippen LogP contribution in [0.15, 0.2) is 186 Å². The van der Waals surface area contributed by atoms with E-state index in [1.54, 1.807) is 0 Å². The number of hydrogen-bond donors (Lipinski definition) is 0. The van der Waals surface area contributed by atoms with Gasteiger partial charge in [-0.05, 0) is 91.7 Å². The molecule has 246 valence electrons. The van der Waals surface area contributed by atoms with Crippen molar-refractivity contribution < 1.29 is 4.42 Å². The topological polar surface area (TPSA) is 38.9 Å². The number of nitrogens with zero attached hydrogens (tertiary/aromatic N) is 2. The molecule has 3 nitrogen and oxygen atoms in total. The Labute approximate surface area is 306 Å². The molecule has 0 fully saturated rings. The monoisotopic (exact) mass is 674 g/mol. The summed E-state index contributed by atoms with van der Waals surface area (Å²) in [7, 11) is 0. The maximum Gasteiger partial charge on any atom is 0.160 e. The standard InChI is InChI=1S/C50H30N2O/c1-3-12-31(13-4-1)44-30-45(32-14-5-2-6-15-32)52-50(51-44)37-19-10-18-35(27-37)33-16-9-17-34(26-33)36-24-25-38-39-21-11-22-41-48(39)43(42(38)28-36)29-47-49(41)40-20-7-8-23-46(40)53-47/h1-30H. The number of aromatic nitrogens is 2. The maximum atomic E-state index is 6.41. The SMILES string of the molecule is c1ccc(-c2cc(-c3ccccc3)nc(-c3cccc(-c4cccc(-c5ccc6c(c5)-c5cc7oc8ccccc8c7c7cccc-6c57)c4)c3)n2)cc1. The molecule has 0 N–H and O–H groups in total. The van der Waals surface area contributed by atoms with Crippen LogP contribution < -0.4 is 0 Å². The summed E-state index contributed by atoms with van der Waals surface area (Å²) < 4.78 is 6.41. The number of rotatable bonds is 5. The summed E-state index contributed by atoms with van der Waals surface area (Å²) in [6, 6.07) is 64.3. The van der Waals surface area contributed by atoms with E-state index in [0.29, 0.717) is 5.82 Å². The fourth-order valence-corrected chi connectivity index (χ4v) is 8.12. The number of hydrogen-bond acceptors (Lipinski definition) is 3. The number of furan rings is 1. The number of fused-ring (bicyclic) bond motifs is 7. The van der Waals surface area contributed by atoms with Crippen molar-refractivity contribution in [2.24, 2.45) is 0 Å². The molecule has 0 radical (unpaired) electrons. The molecule has 0 aliphatic heterocycles. The highest BCUT2D eigenvalue weighted by Crippen LogP contribution is 2.51. The third-order valence-electron chi connectivity index (χ3n) is 10.6. The van der Waals surface area contributed by atoms with Gasteiger partial charge in [-0.15, -0.1) is 0 Å². The lowest BCUT2D eigenvalue weighted by molar-refractivity contribution is 0.669. The molecule has 11 rings (SSSR count). The van der Waals surface area contributed by atoms with Crippen LogP contribution in [0.25, 0.3) is 111 Å². The first-order valence-electron chi connectivity index (χ1n) is 18.0. The molecule has 0 saturated carbocycles. The quantitative estimate of drug-likeness (QED) is 0.182. The van der Waals surface area contributed by atoms with Gasteiger partial charge in [0.25, 0.3) is 0 Å². The first kappa shape index (κ1) is 29.6. The van der Waals surface area contributed by atoms with E-state index in [0.717, 1.165) is 55.8 Å². The van der Waals surface area contributed by atoms with Crippen LogP contribution in [0.2, 0.25) is 0 Å². The second kappa shape index (κ2) is 11.7. The zero-order chi connectivity index (χ0) is 34.9. The average Bonchev–Trinajstić information content (AvgIpc) is 3.77. The van der Waals surface area contributed by atoms with Gasteiger partial charge in [-0.1, -0.05) is 146 Å².